The number of nitrogens with one attached hydrogen (secondary N) is 1. The number of pyridine rings is 1. The number of piperidine rings is 2. The molecule has 5 heterocycles. The van der Waals surface area contributed by atoms with Crippen molar-refractivity contribution >= 4 is 17.7 Å². The summed E-state index contributed by atoms with van der Waals surface area (Å²) in [6, 6.07) is 20.0. The number of likely N-dealkylation sites (tertiary alicyclic amines) is 1. The molecule has 1 aromatic heterocycles. The largest absolute Gasteiger partial charge is 0.322 e. The molecular weight excluding hydrogens is 590 g/mol. The summed E-state index contributed by atoms with van der Waals surface area (Å²) in [5.74, 6) is -3.95. The van der Waals surface area contributed by atoms with E-state index in [1.54, 1.807) is 23.2 Å². The summed E-state index contributed by atoms with van der Waals surface area (Å²) >= 11 is 0. The van der Waals surface area contributed by atoms with Crippen LogP contribution in [-0.2, 0) is 22.7 Å². The predicted molar refractivity (Wildman–Crippen MR) is 167 cm³/mol. The molecule has 2 aromatic carbocycles. The predicted octanol–water partition coefficient (Wildman–Crippen LogP) is 3.46. The van der Waals surface area contributed by atoms with Crippen LogP contribution >= 0.6 is 0 Å². The standard InChI is InChI=1S/C35H38F2N6O3/c36-35(37)23-40(21-25-9-6-10-26-27(25)22-43(34(26)46)29-12-13-31(44)39-33(29)45)16-14-30(35)41-17-19-42(20-18-41)32(24-7-2-1-3-8-24)28-11-4-5-15-38-28/h1-11,15,29-30,32H,12-14,16-23H2,(H,39,44,45). The van der Waals surface area contributed by atoms with Gasteiger partial charge in [-0.25, -0.2) is 8.78 Å². The Labute approximate surface area is 267 Å². The number of hydrogen-bond donors (Lipinski definition) is 1. The molecule has 4 aliphatic heterocycles. The van der Waals surface area contributed by atoms with Crippen LogP contribution in [0.1, 0.15) is 58.0 Å². The van der Waals surface area contributed by atoms with Gasteiger partial charge in [0.25, 0.3) is 11.8 Å². The van der Waals surface area contributed by atoms with Crippen LogP contribution in [0.15, 0.2) is 72.9 Å². The number of rotatable bonds is 7. The van der Waals surface area contributed by atoms with Crippen molar-refractivity contribution in [3.8, 4) is 0 Å². The molecule has 3 saturated heterocycles. The molecule has 3 unspecified atom stereocenters. The van der Waals surface area contributed by atoms with E-state index in [0.717, 1.165) is 22.4 Å². The molecule has 3 atom stereocenters. The average molecular weight is 629 g/mol. The van der Waals surface area contributed by atoms with E-state index in [9.17, 15) is 14.4 Å². The second kappa shape index (κ2) is 12.6. The Hall–Kier alpha value is -4.06. The molecule has 0 saturated carbocycles. The van der Waals surface area contributed by atoms with Crippen molar-refractivity contribution in [1.82, 2.24) is 29.9 Å². The van der Waals surface area contributed by atoms with Gasteiger partial charge < -0.3 is 4.90 Å². The fourth-order valence-electron chi connectivity index (χ4n) is 7.67. The van der Waals surface area contributed by atoms with Crippen molar-refractivity contribution in [3.63, 3.8) is 0 Å². The second-order valence-corrected chi connectivity index (χ2v) is 12.8. The molecular formula is C35H38F2N6O3. The number of fused-ring (bicyclic) bond motifs is 1. The maximum Gasteiger partial charge on any atom is 0.275 e. The summed E-state index contributed by atoms with van der Waals surface area (Å²) in [5, 5.41) is 2.32. The van der Waals surface area contributed by atoms with E-state index < -0.39 is 23.9 Å². The third kappa shape index (κ3) is 5.94. The van der Waals surface area contributed by atoms with Gasteiger partial charge in [0.1, 0.15) is 6.04 Å². The molecule has 0 spiro atoms. The maximum atomic E-state index is 15.9. The maximum absolute atomic E-state index is 15.9. The molecule has 11 heteroatoms. The van der Waals surface area contributed by atoms with Crippen LogP contribution in [0, 0.1) is 0 Å². The fraction of sp³-hybridized carbons (Fsp3) is 0.429. The third-order valence-electron chi connectivity index (χ3n) is 9.95. The van der Waals surface area contributed by atoms with Gasteiger partial charge in [0.05, 0.1) is 24.3 Å². The van der Waals surface area contributed by atoms with E-state index in [4.69, 9.17) is 0 Å². The summed E-state index contributed by atoms with van der Waals surface area (Å²) in [4.78, 5) is 49.6. The molecule has 240 valence electrons. The number of benzene rings is 2. The Bertz CT molecular complexity index is 1560. The zero-order valence-electron chi connectivity index (χ0n) is 25.7. The van der Waals surface area contributed by atoms with Crippen LogP contribution in [0.25, 0.3) is 0 Å². The molecule has 4 aliphatic rings. The first-order valence-corrected chi connectivity index (χ1v) is 16.1. The zero-order valence-corrected chi connectivity index (χ0v) is 25.7. The first kappa shape index (κ1) is 30.6. The summed E-state index contributed by atoms with van der Waals surface area (Å²) in [7, 11) is 0. The molecule has 0 radical (unpaired) electrons. The summed E-state index contributed by atoms with van der Waals surface area (Å²) in [6.07, 6.45) is 2.61. The van der Waals surface area contributed by atoms with E-state index in [2.05, 4.69) is 27.3 Å². The number of imide groups is 1. The van der Waals surface area contributed by atoms with Crippen LogP contribution in [0.4, 0.5) is 8.78 Å². The van der Waals surface area contributed by atoms with Gasteiger partial charge in [0, 0.05) is 64.0 Å². The van der Waals surface area contributed by atoms with Gasteiger partial charge in [-0.15, -0.1) is 0 Å². The highest BCUT2D eigenvalue weighted by Gasteiger charge is 2.48. The number of carbonyl (C=O) groups is 3. The lowest BCUT2D eigenvalue weighted by molar-refractivity contribution is -0.137. The number of hydrogen-bond acceptors (Lipinski definition) is 7. The molecule has 46 heavy (non-hydrogen) atoms. The number of carbonyl (C=O) groups excluding carboxylic acids is 3. The van der Waals surface area contributed by atoms with Gasteiger partial charge in [-0.2, -0.15) is 0 Å². The van der Waals surface area contributed by atoms with Crippen molar-refractivity contribution < 1.29 is 23.2 Å². The van der Waals surface area contributed by atoms with E-state index in [1.165, 1.54) is 4.90 Å². The van der Waals surface area contributed by atoms with E-state index in [-0.39, 0.29) is 43.8 Å². The zero-order chi connectivity index (χ0) is 31.8. The van der Waals surface area contributed by atoms with Crippen molar-refractivity contribution in [1.29, 1.82) is 0 Å². The van der Waals surface area contributed by atoms with Crippen molar-refractivity contribution in [3.05, 3.63) is 101 Å². The Morgan fingerprint density at radius 1 is 0.891 bits per heavy atom. The molecule has 7 rings (SSSR count). The molecule has 9 nitrogen and oxygen atoms in total. The fourth-order valence-corrected chi connectivity index (χ4v) is 7.67. The van der Waals surface area contributed by atoms with Gasteiger partial charge in [0.15, 0.2) is 0 Å². The SMILES string of the molecule is O=C1CCC(N2Cc3c(CN4CCC(N5CCN(C(c6ccccc6)c6ccccn6)CC5)C(F)(F)C4)cccc3C2=O)C(=O)N1. The minimum absolute atomic E-state index is 0.0303. The quantitative estimate of drug-likeness (QED) is 0.401. The highest BCUT2D eigenvalue weighted by atomic mass is 19.3. The van der Waals surface area contributed by atoms with Crippen molar-refractivity contribution in [2.75, 3.05) is 39.3 Å². The second-order valence-electron chi connectivity index (χ2n) is 12.8. The normalized spacial score (nSPS) is 24.9. The summed E-state index contributed by atoms with van der Waals surface area (Å²) in [6.45, 7) is 3.15. The van der Waals surface area contributed by atoms with Crippen LogP contribution in [0.3, 0.4) is 0 Å². The van der Waals surface area contributed by atoms with Crippen molar-refractivity contribution in [2.24, 2.45) is 0 Å². The van der Waals surface area contributed by atoms with Crippen LogP contribution < -0.4 is 5.32 Å². The Balaban J connectivity index is 0.992. The van der Waals surface area contributed by atoms with E-state index in [0.29, 0.717) is 51.3 Å². The third-order valence-corrected chi connectivity index (χ3v) is 9.95. The number of halogens is 2. The Morgan fingerprint density at radius 2 is 1.67 bits per heavy atom. The first-order valence-electron chi connectivity index (χ1n) is 16.1. The topological polar surface area (TPSA) is 89.1 Å². The lowest BCUT2D eigenvalue weighted by atomic mass is 9.95. The lowest BCUT2D eigenvalue weighted by Crippen LogP contribution is -2.61. The first-order chi connectivity index (χ1) is 22.3. The monoisotopic (exact) mass is 628 g/mol. The molecule has 3 aromatic rings. The summed E-state index contributed by atoms with van der Waals surface area (Å²) < 4.78 is 31.7. The number of aromatic nitrogens is 1. The van der Waals surface area contributed by atoms with Gasteiger partial charge in [-0.05, 0) is 47.7 Å². The molecule has 3 amide bonds. The number of amides is 3. The Kier molecular flexibility index (Phi) is 8.39. The van der Waals surface area contributed by atoms with Crippen LogP contribution in [0.5, 0.6) is 0 Å². The smallest absolute Gasteiger partial charge is 0.275 e. The van der Waals surface area contributed by atoms with E-state index >= 15 is 8.78 Å². The van der Waals surface area contributed by atoms with Gasteiger partial charge in [-0.3, -0.25) is 39.4 Å². The number of nitrogens with zero attached hydrogens (tertiary/aromatic N) is 5. The van der Waals surface area contributed by atoms with Crippen LogP contribution in [0.2, 0.25) is 0 Å². The molecule has 0 bridgehead atoms. The van der Waals surface area contributed by atoms with Crippen molar-refractivity contribution in [2.45, 2.75) is 56.4 Å². The van der Waals surface area contributed by atoms with Gasteiger partial charge in [-0.1, -0.05) is 48.5 Å². The lowest BCUT2D eigenvalue weighted by Gasteiger charge is -2.47. The van der Waals surface area contributed by atoms with Crippen LogP contribution in [-0.4, -0.2) is 99.6 Å². The average Bonchev–Trinajstić information content (AvgIpc) is 3.39. The minimum Gasteiger partial charge on any atom is -0.322 e. The molecule has 1 N–H and O–H groups in total. The van der Waals surface area contributed by atoms with Gasteiger partial charge in [0.2, 0.25) is 11.8 Å². The highest BCUT2D eigenvalue weighted by Crippen LogP contribution is 2.36. The van der Waals surface area contributed by atoms with Gasteiger partial charge >= 0.3 is 0 Å². The number of alkyl halides is 2. The highest BCUT2D eigenvalue weighted by molar-refractivity contribution is 6.05. The Morgan fingerprint density at radius 3 is 2.39 bits per heavy atom. The number of piperazine rings is 1. The molecule has 3 fully saturated rings. The summed E-state index contributed by atoms with van der Waals surface area (Å²) in [5.41, 5.74) is 4.20. The molecule has 0 aliphatic carbocycles. The minimum atomic E-state index is -2.90. The van der Waals surface area contributed by atoms with E-state index in [1.807, 2.05) is 47.4 Å².